The summed E-state index contributed by atoms with van der Waals surface area (Å²) in [5.41, 5.74) is 3.24. The minimum absolute atomic E-state index is 0.0231. The molecule has 1 aliphatic rings. The summed E-state index contributed by atoms with van der Waals surface area (Å²) in [6.45, 7) is 5.52. The maximum atomic E-state index is 13.5. The Kier molecular flexibility index (Phi) is 11.7. The van der Waals surface area contributed by atoms with E-state index in [0.29, 0.717) is 41.3 Å². The number of hydrogen-bond donors (Lipinski definition) is 2. The maximum Gasteiger partial charge on any atom is 0.411 e. The van der Waals surface area contributed by atoms with E-state index in [0.717, 1.165) is 16.7 Å². The monoisotopic (exact) mass is 700 g/mol. The predicted octanol–water partition coefficient (Wildman–Crippen LogP) is 8.50. The Bertz CT molecular complexity index is 1820. The van der Waals surface area contributed by atoms with Gasteiger partial charge < -0.3 is 29.0 Å². The molecule has 2 amide bonds. The summed E-state index contributed by atoms with van der Waals surface area (Å²) in [6, 6.07) is 26.2. The van der Waals surface area contributed by atoms with E-state index in [-0.39, 0.29) is 30.4 Å². The fourth-order valence-electron chi connectivity index (χ4n) is 5.72. The van der Waals surface area contributed by atoms with E-state index in [1.807, 2.05) is 48.5 Å². The smallest absolute Gasteiger partial charge is 0.411 e. The van der Waals surface area contributed by atoms with Crippen LogP contribution in [0.5, 0.6) is 11.5 Å². The van der Waals surface area contributed by atoms with E-state index in [9.17, 15) is 19.5 Å². The van der Waals surface area contributed by atoms with Gasteiger partial charge in [-0.2, -0.15) is 0 Å². The van der Waals surface area contributed by atoms with Crippen molar-refractivity contribution in [1.82, 2.24) is 4.90 Å². The molecule has 0 aromatic heterocycles. The lowest BCUT2D eigenvalue weighted by Gasteiger charge is -2.37. The third kappa shape index (κ3) is 9.99. The van der Waals surface area contributed by atoms with Gasteiger partial charge in [0.1, 0.15) is 23.7 Å². The number of aliphatic hydroxyl groups is 1. The second-order valence-corrected chi connectivity index (χ2v) is 13.5. The Labute approximate surface area is 296 Å². The number of anilines is 1. The second kappa shape index (κ2) is 16.1. The molecule has 11 heteroatoms. The average molecular weight is 701 g/mol. The number of nitrogens with zero attached hydrogens (tertiary/aromatic N) is 1. The van der Waals surface area contributed by atoms with Crippen LogP contribution < -0.4 is 10.1 Å². The number of amides is 2. The predicted molar refractivity (Wildman–Crippen MR) is 190 cm³/mol. The number of carbonyl (C=O) groups excluding carboxylic acids is 3. The molecule has 0 fully saturated rings. The van der Waals surface area contributed by atoms with Crippen LogP contribution in [0.15, 0.2) is 91.0 Å². The van der Waals surface area contributed by atoms with E-state index in [1.54, 1.807) is 56.0 Å². The van der Waals surface area contributed by atoms with Crippen molar-refractivity contribution in [3.63, 3.8) is 0 Å². The normalized spacial score (nSPS) is 14.5. The van der Waals surface area contributed by atoms with Crippen LogP contribution in [0, 0.1) is 0 Å². The SMILES string of the molecule is COC(=O)c1cc(NC(=O)OCc2ccccc2)cc(Oc2ccc3c(c2)C[C@@H](N(C[C@@H](O)c2cccc(Cl)c2)C(=O)OC(C)(C)C)CC3)c1. The third-order valence-corrected chi connectivity index (χ3v) is 8.31. The van der Waals surface area contributed by atoms with E-state index < -0.39 is 29.9 Å². The zero-order valence-electron chi connectivity index (χ0n) is 28.5. The first-order valence-corrected chi connectivity index (χ1v) is 16.7. The first-order chi connectivity index (χ1) is 23.9. The number of halogens is 1. The molecule has 0 unspecified atom stereocenters. The highest BCUT2D eigenvalue weighted by Gasteiger charge is 2.33. The molecule has 0 saturated carbocycles. The van der Waals surface area contributed by atoms with Gasteiger partial charge in [0.25, 0.3) is 0 Å². The van der Waals surface area contributed by atoms with Gasteiger partial charge in [0.2, 0.25) is 0 Å². The lowest BCUT2D eigenvalue weighted by Crippen LogP contribution is -2.47. The zero-order valence-corrected chi connectivity index (χ0v) is 29.2. The highest BCUT2D eigenvalue weighted by molar-refractivity contribution is 6.30. The molecule has 5 rings (SSSR count). The Hall–Kier alpha value is -5.06. The Morgan fingerprint density at radius 1 is 0.940 bits per heavy atom. The van der Waals surface area contributed by atoms with Gasteiger partial charge in [-0.25, -0.2) is 14.4 Å². The number of carbonyl (C=O) groups is 3. The van der Waals surface area contributed by atoms with Crippen molar-refractivity contribution in [3.8, 4) is 11.5 Å². The summed E-state index contributed by atoms with van der Waals surface area (Å²) in [4.78, 5) is 40.2. The van der Waals surface area contributed by atoms with Gasteiger partial charge in [-0.15, -0.1) is 0 Å². The topological polar surface area (TPSA) is 124 Å². The fraction of sp³-hybridized carbons (Fsp3) is 0.308. The molecule has 0 saturated heterocycles. The largest absolute Gasteiger partial charge is 0.465 e. The van der Waals surface area contributed by atoms with Crippen molar-refractivity contribution in [2.24, 2.45) is 0 Å². The Balaban J connectivity index is 1.34. The number of methoxy groups -OCH3 is 1. The summed E-state index contributed by atoms with van der Waals surface area (Å²) in [5, 5.41) is 14.3. The van der Waals surface area contributed by atoms with Crippen LogP contribution in [0.4, 0.5) is 15.3 Å². The van der Waals surface area contributed by atoms with Gasteiger partial charge in [-0.1, -0.05) is 60.1 Å². The van der Waals surface area contributed by atoms with E-state index in [2.05, 4.69) is 5.32 Å². The number of aryl methyl sites for hydroxylation is 1. The summed E-state index contributed by atoms with van der Waals surface area (Å²) in [7, 11) is 1.27. The van der Waals surface area contributed by atoms with Crippen molar-refractivity contribution in [2.75, 3.05) is 19.0 Å². The first kappa shape index (κ1) is 36.2. The summed E-state index contributed by atoms with van der Waals surface area (Å²) in [6.07, 6.45) is -0.318. The molecule has 4 aromatic rings. The van der Waals surface area contributed by atoms with Crippen molar-refractivity contribution < 1.29 is 38.4 Å². The van der Waals surface area contributed by atoms with Crippen molar-refractivity contribution in [1.29, 1.82) is 0 Å². The summed E-state index contributed by atoms with van der Waals surface area (Å²) < 4.78 is 22.2. The van der Waals surface area contributed by atoms with Crippen molar-refractivity contribution in [3.05, 3.63) is 124 Å². The molecule has 50 heavy (non-hydrogen) atoms. The lowest BCUT2D eigenvalue weighted by molar-refractivity contribution is 0.00194. The molecule has 0 aliphatic heterocycles. The van der Waals surface area contributed by atoms with Crippen molar-refractivity contribution in [2.45, 2.75) is 64.4 Å². The second-order valence-electron chi connectivity index (χ2n) is 13.1. The fourth-order valence-corrected chi connectivity index (χ4v) is 5.92. The third-order valence-electron chi connectivity index (χ3n) is 8.07. The van der Waals surface area contributed by atoms with Crippen LogP contribution in [0.3, 0.4) is 0 Å². The number of hydrogen-bond acceptors (Lipinski definition) is 8. The summed E-state index contributed by atoms with van der Waals surface area (Å²) in [5.74, 6) is 0.178. The minimum Gasteiger partial charge on any atom is -0.465 e. The van der Waals surface area contributed by atoms with Gasteiger partial charge in [-0.05, 0) is 98.7 Å². The van der Waals surface area contributed by atoms with Crippen molar-refractivity contribution >= 4 is 35.4 Å². The molecule has 10 nitrogen and oxygen atoms in total. The number of benzene rings is 4. The molecular formula is C39H41ClN2O8. The molecular weight excluding hydrogens is 660 g/mol. The number of aliphatic hydroxyl groups excluding tert-OH is 1. The number of esters is 1. The maximum absolute atomic E-state index is 13.5. The van der Waals surface area contributed by atoms with Crippen LogP contribution in [0.1, 0.15) is 65.9 Å². The number of fused-ring (bicyclic) bond motifs is 1. The van der Waals surface area contributed by atoms with E-state index in [4.69, 9.17) is 30.5 Å². The lowest BCUT2D eigenvalue weighted by atomic mass is 9.87. The molecule has 2 atom stereocenters. The van der Waals surface area contributed by atoms with Gasteiger partial charge in [-0.3, -0.25) is 5.32 Å². The molecule has 0 spiro atoms. The number of ether oxygens (including phenoxy) is 4. The van der Waals surface area contributed by atoms with Gasteiger partial charge >= 0.3 is 18.2 Å². The van der Waals surface area contributed by atoms with Crippen LogP contribution in [0.25, 0.3) is 0 Å². The number of rotatable bonds is 10. The van der Waals surface area contributed by atoms with Gasteiger partial charge in [0.15, 0.2) is 0 Å². The minimum atomic E-state index is -0.974. The molecule has 1 aliphatic carbocycles. The van der Waals surface area contributed by atoms with Crippen LogP contribution in [-0.2, 0) is 33.7 Å². The van der Waals surface area contributed by atoms with E-state index >= 15 is 0 Å². The molecule has 4 aromatic carbocycles. The highest BCUT2D eigenvalue weighted by Crippen LogP contribution is 2.33. The Morgan fingerprint density at radius 2 is 1.72 bits per heavy atom. The van der Waals surface area contributed by atoms with Gasteiger partial charge in [0.05, 0.1) is 25.3 Å². The molecule has 0 bridgehead atoms. The van der Waals surface area contributed by atoms with E-state index in [1.165, 1.54) is 19.2 Å². The quantitative estimate of drug-likeness (QED) is 0.125. The average Bonchev–Trinajstić information content (AvgIpc) is 3.08. The molecule has 2 N–H and O–H groups in total. The molecule has 0 heterocycles. The molecule has 262 valence electrons. The van der Waals surface area contributed by atoms with Crippen LogP contribution in [0.2, 0.25) is 5.02 Å². The number of nitrogens with one attached hydrogen (secondary N) is 1. The van der Waals surface area contributed by atoms with Crippen LogP contribution in [-0.4, -0.2) is 53.5 Å². The van der Waals surface area contributed by atoms with Crippen LogP contribution >= 0.6 is 11.6 Å². The first-order valence-electron chi connectivity index (χ1n) is 16.3. The zero-order chi connectivity index (χ0) is 35.8. The standard InChI is InChI=1S/C39H41ClN2O8/c1-39(2,3)50-38(46)42(23-35(43)27-11-8-12-30(40)17-27)32-15-13-26-14-16-33(20-28(26)19-32)49-34-21-29(36(44)47-4)18-31(22-34)41-37(45)48-24-25-9-6-5-7-10-25/h5-12,14,16-18,20-22,32,35,43H,13,15,19,23-24H2,1-4H3,(H,41,45)/t32-,35+/m0/s1. The molecule has 0 radical (unpaired) electrons. The highest BCUT2D eigenvalue weighted by atomic mass is 35.5. The Morgan fingerprint density at radius 3 is 2.44 bits per heavy atom. The summed E-state index contributed by atoms with van der Waals surface area (Å²) >= 11 is 6.17. The van der Waals surface area contributed by atoms with Gasteiger partial charge in [0, 0.05) is 22.8 Å².